The molecular formula is C16H12BrClN4OS. The van der Waals surface area contributed by atoms with Gasteiger partial charge in [0.2, 0.25) is 5.16 Å². The van der Waals surface area contributed by atoms with Crippen molar-refractivity contribution in [3.05, 3.63) is 69.4 Å². The molecule has 0 aliphatic rings. The number of hydrogen-bond acceptors (Lipinski definition) is 5. The number of phenols is 1. The van der Waals surface area contributed by atoms with Crippen molar-refractivity contribution < 1.29 is 5.11 Å². The Hall–Kier alpha value is -1.83. The second-order valence-electron chi connectivity index (χ2n) is 4.82. The normalized spacial score (nSPS) is 11.2. The van der Waals surface area contributed by atoms with E-state index in [1.165, 1.54) is 18.1 Å². The van der Waals surface area contributed by atoms with Crippen LogP contribution in [-0.2, 0) is 5.75 Å². The summed E-state index contributed by atoms with van der Waals surface area (Å²) in [6, 6.07) is 12.8. The number of aromatic hydroxyl groups is 1. The van der Waals surface area contributed by atoms with E-state index >= 15 is 0 Å². The molecule has 5 nitrogen and oxygen atoms in total. The standard InChI is InChI=1S/C16H12BrClN4OS/c17-13-3-6-15(23)12(7-13)8-20-22-10-19-21-16(22)24-9-11-1-4-14(18)5-2-11/h1-8,10,23H,9H2. The Labute approximate surface area is 156 Å². The van der Waals surface area contributed by atoms with Gasteiger partial charge in [-0.2, -0.15) is 9.78 Å². The molecular weight excluding hydrogens is 412 g/mol. The summed E-state index contributed by atoms with van der Waals surface area (Å²) in [4.78, 5) is 0. The van der Waals surface area contributed by atoms with Crippen LogP contribution in [0.4, 0.5) is 0 Å². The van der Waals surface area contributed by atoms with Gasteiger partial charge in [0, 0.05) is 20.8 Å². The molecule has 1 aromatic heterocycles. The highest BCUT2D eigenvalue weighted by Gasteiger charge is 2.05. The molecule has 0 spiro atoms. The van der Waals surface area contributed by atoms with Crippen LogP contribution in [0.5, 0.6) is 5.75 Å². The lowest BCUT2D eigenvalue weighted by Gasteiger charge is -2.02. The molecule has 0 unspecified atom stereocenters. The van der Waals surface area contributed by atoms with Crippen LogP contribution < -0.4 is 0 Å². The van der Waals surface area contributed by atoms with Crippen LogP contribution in [0.25, 0.3) is 0 Å². The maximum absolute atomic E-state index is 9.84. The van der Waals surface area contributed by atoms with Crippen LogP contribution in [0, 0.1) is 0 Å². The lowest BCUT2D eigenvalue weighted by Crippen LogP contribution is -1.93. The first-order valence-electron chi connectivity index (χ1n) is 6.92. The van der Waals surface area contributed by atoms with Crippen molar-refractivity contribution in [3.63, 3.8) is 0 Å². The van der Waals surface area contributed by atoms with Crippen LogP contribution in [0.15, 0.2) is 63.5 Å². The molecule has 1 N–H and O–H groups in total. The summed E-state index contributed by atoms with van der Waals surface area (Å²) in [5, 5.41) is 23.5. The van der Waals surface area contributed by atoms with E-state index in [9.17, 15) is 5.11 Å². The van der Waals surface area contributed by atoms with E-state index in [0.29, 0.717) is 15.7 Å². The molecule has 2 aromatic carbocycles. The average molecular weight is 424 g/mol. The second-order valence-corrected chi connectivity index (χ2v) is 7.12. The highest BCUT2D eigenvalue weighted by Crippen LogP contribution is 2.23. The monoisotopic (exact) mass is 422 g/mol. The van der Waals surface area contributed by atoms with Crippen molar-refractivity contribution in [3.8, 4) is 5.75 Å². The van der Waals surface area contributed by atoms with Gasteiger partial charge in [0.25, 0.3) is 0 Å². The predicted octanol–water partition coefficient (Wildman–Crippen LogP) is 4.57. The maximum atomic E-state index is 9.84. The Morgan fingerprint density at radius 2 is 2.04 bits per heavy atom. The Morgan fingerprint density at radius 3 is 2.83 bits per heavy atom. The summed E-state index contributed by atoms with van der Waals surface area (Å²) in [6.07, 6.45) is 3.09. The summed E-state index contributed by atoms with van der Waals surface area (Å²) in [5.41, 5.74) is 1.74. The lowest BCUT2D eigenvalue weighted by atomic mass is 10.2. The van der Waals surface area contributed by atoms with Gasteiger partial charge in [0.1, 0.15) is 12.1 Å². The van der Waals surface area contributed by atoms with E-state index in [2.05, 4.69) is 31.2 Å². The van der Waals surface area contributed by atoms with Crippen molar-refractivity contribution in [1.82, 2.24) is 14.9 Å². The third kappa shape index (κ3) is 4.37. The Kier molecular flexibility index (Phi) is 5.55. The number of nitrogens with zero attached hydrogens (tertiary/aromatic N) is 4. The first kappa shape index (κ1) is 17.0. The summed E-state index contributed by atoms with van der Waals surface area (Å²) >= 11 is 10.8. The van der Waals surface area contributed by atoms with Crippen molar-refractivity contribution >= 4 is 45.5 Å². The Bertz CT molecular complexity index is 867. The van der Waals surface area contributed by atoms with Gasteiger partial charge in [-0.25, -0.2) is 0 Å². The van der Waals surface area contributed by atoms with Crippen LogP contribution in [0.3, 0.4) is 0 Å². The van der Waals surface area contributed by atoms with Gasteiger partial charge >= 0.3 is 0 Å². The molecule has 3 rings (SSSR count). The fourth-order valence-electron chi connectivity index (χ4n) is 1.88. The first-order valence-corrected chi connectivity index (χ1v) is 9.07. The highest BCUT2D eigenvalue weighted by molar-refractivity contribution is 9.10. The SMILES string of the molecule is Oc1ccc(Br)cc1C=Nn1cnnc1SCc1ccc(Cl)cc1. The molecule has 24 heavy (non-hydrogen) atoms. The number of aromatic nitrogens is 3. The molecule has 0 saturated carbocycles. The van der Waals surface area contributed by atoms with Crippen molar-refractivity contribution in [2.45, 2.75) is 10.9 Å². The zero-order valence-corrected chi connectivity index (χ0v) is 15.5. The number of thioether (sulfide) groups is 1. The zero-order chi connectivity index (χ0) is 16.9. The minimum Gasteiger partial charge on any atom is -0.507 e. The van der Waals surface area contributed by atoms with E-state index < -0.39 is 0 Å². The zero-order valence-electron chi connectivity index (χ0n) is 12.3. The van der Waals surface area contributed by atoms with E-state index in [-0.39, 0.29) is 5.75 Å². The maximum Gasteiger partial charge on any atom is 0.212 e. The topological polar surface area (TPSA) is 63.3 Å². The third-order valence-electron chi connectivity index (χ3n) is 3.09. The van der Waals surface area contributed by atoms with Crippen molar-refractivity contribution in [2.75, 3.05) is 0 Å². The molecule has 8 heteroatoms. The molecule has 0 saturated heterocycles. The Morgan fingerprint density at radius 1 is 1.25 bits per heavy atom. The van der Waals surface area contributed by atoms with Gasteiger partial charge in [-0.15, -0.1) is 10.2 Å². The molecule has 3 aromatic rings. The summed E-state index contributed by atoms with van der Waals surface area (Å²) in [7, 11) is 0. The van der Waals surface area contributed by atoms with Crippen LogP contribution in [0.2, 0.25) is 5.02 Å². The number of hydrogen-bond donors (Lipinski definition) is 1. The van der Waals surface area contributed by atoms with Crippen molar-refractivity contribution in [1.29, 1.82) is 0 Å². The molecule has 0 radical (unpaired) electrons. The lowest BCUT2D eigenvalue weighted by molar-refractivity contribution is 0.474. The number of rotatable bonds is 5. The molecule has 0 aliphatic carbocycles. The molecule has 122 valence electrons. The molecule has 1 heterocycles. The van der Waals surface area contributed by atoms with Gasteiger partial charge < -0.3 is 5.11 Å². The predicted molar refractivity (Wildman–Crippen MR) is 99.8 cm³/mol. The van der Waals surface area contributed by atoms with Crippen LogP contribution in [0.1, 0.15) is 11.1 Å². The fourth-order valence-corrected chi connectivity index (χ4v) is 3.20. The molecule has 0 amide bonds. The average Bonchev–Trinajstić information content (AvgIpc) is 3.02. The third-order valence-corrected chi connectivity index (χ3v) is 4.84. The molecule has 0 atom stereocenters. The smallest absolute Gasteiger partial charge is 0.212 e. The van der Waals surface area contributed by atoms with Crippen LogP contribution in [-0.4, -0.2) is 26.2 Å². The van der Waals surface area contributed by atoms with E-state index in [0.717, 1.165) is 15.8 Å². The van der Waals surface area contributed by atoms with E-state index in [1.54, 1.807) is 29.1 Å². The van der Waals surface area contributed by atoms with E-state index in [1.807, 2.05) is 24.3 Å². The van der Waals surface area contributed by atoms with Gasteiger partial charge in [-0.05, 0) is 35.9 Å². The quantitative estimate of drug-likeness (QED) is 0.482. The van der Waals surface area contributed by atoms with Gasteiger partial charge in [0.15, 0.2) is 0 Å². The number of phenolic OH excluding ortho intramolecular Hbond substituents is 1. The minimum atomic E-state index is 0.158. The highest BCUT2D eigenvalue weighted by atomic mass is 79.9. The summed E-state index contributed by atoms with van der Waals surface area (Å²) < 4.78 is 2.43. The molecule has 0 aliphatic heterocycles. The second kappa shape index (κ2) is 7.83. The van der Waals surface area contributed by atoms with E-state index in [4.69, 9.17) is 11.6 Å². The minimum absolute atomic E-state index is 0.158. The molecule has 0 fully saturated rings. The fraction of sp³-hybridized carbons (Fsp3) is 0.0625. The largest absolute Gasteiger partial charge is 0.507 e. The molecule has 0 bridgehead atoms. The van der Waals surface area contributed by atoms with Gasteiger partial charge in [-0.3, -0.25) is 0 Å². The number of benzene rings is 2. The van der Waals surface area contributed by atoms with Crippen LogP contribution >= 0.6 is 39.3 Å². The van der Waals surface area contributed by atoms with Crippen molar-refractivity contribution in [2.24, 2.45) is 5.10 Å². The van der Waals surface area contributed by atoms with Gasteiger partial charge in [-0.1, -0.05) is 51.4 Å². The summed E-state index contributed by atoms with van der Waals surface area (Å²) in [5.74, 6) is 0.887. The summed E-state index contributed by atoms with van der Waals surface area (Å²) in [6.45, 7) is 0. The van der Waals surface area contributed by atoms with Gasteiger partial charge in [0.05, 0.1) is 6.21 Å². The Balaban J connectivity index is 1.72. The number of halogens is 2. The first-order chi connectivity index (χ1) is 11.6.